The SMILES string of the molecule is CC1CC1C(=O)Nc1cccc(C(=O)N2CCCCC2CN(C)C)c1. The highest BCUT2D eigenvalue weighted by molar-refractivity contribution is 5.98. The molecular weight excluding hydrogens is 314 g/mol. The average molecular weight is 343 g/mol. The molecule has 1 heterocycles. The maximum atomic E-state index is 13.0. The van der Waals surface area contributed by atoms with Gasteiger partial charge in [0.2, 0.25) is 5.91 Å². The summed E-state index contributed by atoms with van der Waals surface area (Å²) in [6.45, 7) is 3.79. The number of likely N-dealkylation sites (N-methyl/N-ethyl adjacent to an activating group) is 1. The summed E-state index contributed by atoms with van der Waals surface area (Å²) < 4.78 is 0. The summed E-state index contributed by atoms with van der Waals surface area (Å²) >= 11 is 0. The zero-order valence-electron chi connectivity index (χ0n) is 15.5. The molecular formula is C20H29N3O2. The van der Waals surface area contributed by atoms with Crippen LogP contribution in [0.4, 0.5) is 5.69 Å². The van der Waals surface area contributed by atoms with Gasteiger partial charge in [-0.1, -0.05) is 13.0 Å². The molecule has 1 saturated carbocycles. The number of amides is 2. The van der Waals surface area contributed by atoms with Crippen molar-refractivity contribution in [3.05, 3.63) is 29.8 Å². The van der Waals surface area contributed by atoms with Crippen LogP contribution in [0.15, 0.2) is 24.3 Å². The number of nitrogens with one attached hydrogen (secondary N) is 1. The molecule has 1 aliphatic carbocycles. The van der Waals surface area contributed by atoms with Crippen molar-refractivity contribution in [2.75, 3.05) is 32.5 Å². The van der Waals surface area contributed by atoms with Crippen LogP contribution < -0.4 is 5.32 Å². The van der Waals surface area contributed by atoms with Crippen LogP contribution in [-0.2, 0) is 4.79 Å². The van der Waals surface area contributed by atoms with Crippen molar-refractivity contribution in [2.45, 2.75) is 38.6 Å². The Hall–Kier alpha value is -1.88. The zero-order valence-corrected chi connectivity index (χ0v) is 15.5. The molecule has 1 N–H and O–H groups in total. The molecule has 2 aliphatic rings. The molecule has 5 heteroatoms. The number of piperidine rings is 1. The molecule has 3 rings (SSSR count). The van der Waals surface area contributed by atoms with Gasteiger partial charge in [-0.2, -0.15) is 0 Å². The lowest BCUT2D eigenvalue weighted by Gasteiger charge is -2.37. The maximum Gasteiger partial charge on any atom is 0.254 e. The third kappa shape index (κ3) is 4.40. The van der Waals surface area contributed by atoms with Crippen molar-refractivity contribution in [3.8, 4) is 0 Å². The second-order valence-corrected chi connectivity index (χ2v) is 7.80. The Morgan fingerprint density at radius 1 is 1.28 bits per heavy atom. The standard InChI is InChI=1S/C20H29N3O2/c1-14-11-18(14)19(24)21-16-8-6-7-15(12-16)20(25)23-10-5-4-9-17(23)13-22(2)3/h6-8,12,14,17-18H,4-5,9-11,13H2,1-3H3,(H,21,24). The first-order chi connectivity index (χ1) is 12.0. The van der Waals surface area contributed by atoms with Gasteiger partial charge in [0.25, 0.3) is 5.91 Å². The number of likely N-dealkylation sites (tertiary alicyclic amines) is 1. The third-order valence-corrected chi connectivity index (χ3v) is 5.29. The van der Waals surface area contributed by atoms with Crippen LogP contribution in [0, 0.1) is 11.8 Å². The molecule has 0 aromatic heterocycles. The number of hydrogen-bond donors (Lipinski definition) is 1. The smallest absolute Gasteiger partial charge is 0.254 e. The molecule has 2 fully saturated rings. The van der Waals surface area contributed by atoms with Gasteiger partial charge in [0.05, 0.1) is 0 Å². The van der Waals surface area contributed by atoms with E-state index in [0.717, 1.165) is 38.0 Å². The van der Waals surface area contributed by atoms with E-state index in [2.05, 4.69) is 17.1 Å². The number of carbonyl (C=O) groups is 2. The Bertz CT molecular complexity index is 644. The largest absolute Gasteiger partial charge is 0.334 e. The summed E-state index contributed by atoms with van der Waals surface area (Å²) in [5.41, 5.74) is 1.38. The molecule has 25 heavy (non-hydrogen) atoms. The lowest BCUT2D eigenvalue weighted by molar-refractivity contribution is -0.117. The van der Waals surface area contributed by atoms with Crippen LogP contribution >= 0.6 is 0 Å². The lowest BCUT2D eigenvalue weighted by atomic mass is 10.00. The normalized spacial score (nSPS) is 25.8. The first kappa shape index (κ1) is 17.9. The van der Waals surface area contributed by atoms with E-state index in [0.29, 0.717) is 11.5 Å². The molecule has 1 aromatic carbocycles. The Morgan fingerprint density at radius 2 is 2.04 bits per heavy atom. The van der Waals surface area contributed by atoms with Crippen LogP contribution in [0.3, 0.4) is 0 Å². The van der Waals surface area contributed by atoms with Crippen LogP contribution in [-0.4, -0.2) is 54.8 Å². The van der Waals surface area contributed by atoms with E-state index >= 15 is 0 Å². The first-order valence-corrected chi connectivity index (χ1v) is 9.32. The number of nitrogens with zero attached hydrogens (tertiary/aromatic N) is 2. The molecule has 1 aliphatic heterocycles. The fraction of sp³-hybridized carbons (Fsp3) is 0.600. The molecule has 3 atom stereocenters. The van der Waals surface area contributed by atoms with Crippen LogP contribution in [0.25, 0.3) is 0 Å². The molecule has 0 radical (unpaired) electrons. The molecule has 136 valence electrons. The Kier molecular flexibility index (Phi) is 5.42. The summed E-state index contributed by atoms with van der Waals surface area (Å²) in [7, 11) is 4.10. The van der Waals surface area contributed by atoms with E-state index in [1.54, 1.807) is 0 Å². The quantitative estimate of drug-likeness (QED) is 0.894. The monoisotopic (exact) mass is 343 g/mol. The Balaban J connectivity index is 1.70. The molecule has 2 amide bonds. The zero-order chi connectivity index (χ0) is 18.0. The third-order valence-electron chi connectivity index (χ3n) is 5.29. The van der Waals surface area contributed by atoms with Crippen LogP contribution in [0.2, 0.25) is 0 Å². The van der Waals surface area contributed by atoms with E-state index in [1.807, 2.05) is 43.3 Å². The number of rotatable bonds is 5. The van der Waals surface area contributed by atoms with Gasteiger partial charge in [0, 0.05) is 36.3 Å². The van der Waals surface area contributed by atoms with E-state index in [4.69, 9.17) is 0 Å². The van der Waals surface area contributed by atoms with E-state index in [9.17, 15) is 9.59 Å². The fourth-order valence-electron chi connectivity index (χ4n) is 3.70. The van der Waals surface area contributed by atoms with Gasteiger partial charge in [-0.05, 0) is 63.9 Å². The van der Waals surface area contributed by atoms with Gasteiger partial charge >= 0.3 is 0 Å². The van der Waals surface area contributed by atoms with Gasteiger partial charge in [0.1, 0.15) is 0 Å². The van der Waals surface area contributed by atoms with E-state index < -0.39 is 0 Å². The number of benzene rings is 1. The highest BCUT2D eigenvalue weighted by atomic mass is 16.2. The van der Waals surface area contributed by atoms with Crippen molar-refractivity contribution < 1.29 is 9.59 Å². The minimum Gasteiger partial charge on any atom is -0.334 e. The van der Waals surface area contributed by atoms with E-state index in [-0.39, 0.29) is 23.8 Å². The van der Waals surface area contributed by atoms with Gasteiger partial charge in [-0.3, -0.25) is 9.59 Å². The van der Waals surface area contributed by atoms with Crippen molar-refractivity contribution in [2.24, 2.45) is 11.8 Å². The second-order valence-electron chi connectivity index (χ2n) is 7.80. The molecule has 3 unspecified atom stereocenters. The van der Waals surface area contributed by atoms with Crippen molar-refractivity contribution in [1.29, 1.82) is 0 Å². The topological polar surface area (TPSA) is 52.7 Å². The van der Waals surface area contributed by atoms with Crippen molar-refractivity contribution in [3.63, 3.8) is 0 Å². The summed E-state index contributed by atoms with van der Waals surface area (Å²) in [6, 6.07) is 7.63. The van der Waals surface area contributed by atoms with Crippen LogP contribution in [0.5, 0.6) is 0 Å². The summed E-state index contributed by atoms with van der Waals surface area (Å²) in [4.78, 5) is 29.3. The minimum absolute atomic E-state index is 0.0700. The Morgan fingerprint density at radius 3 is 2.72 bits per heavy atom. The Labute approximate surface area is 150 Å². The fourth-order valence-corrected chi connectivity index (χ4v) is 3.70. The van der Waals surface area contributed by atoms with E-state index in [1.165, 1.54) is 6.42 Å². The van der Waals surface area contributed by atoms with Gasteiger partial charge < -0.3 is 15.1 Å². The van der Waals surface area contributed by atoms with Gasteiger partial charge in [-0.15, -0.1) is 0 Å². The van der Waals surface area contributed by atoms with Gasteiger partial charge in [0.15, 0.2) is 0 Å². The summed E-state index contributed by atoms with van der Waals surface area (Å²) in [5.74, 6) is 0.749. The van der Waals surface area contributed by atoms with Gasteiger partial charge in [-0.25, -0.2) is 0 Å². The second kappa shape index (κ2) is 7.56. The number of hydrogen-bond acceptors (Lipinski definition) is 3. The predicted molar refractivity (Wildman–Crippen MR) is 99.6 cm³/mol. The molecule has 0 bridgehead atoms. The lowest BCUT2D eigenvalue weighted by Crippen LogP contribution is -2.48. The predicted octanol–water partition coefficient (Wildman–Crippen LogP) is 2.84. The maximum absolute atomic E-state index is 13.0. The molecule has 1 saturated heterocycles. The molecule has 0 spiro atoms. The average Bonchev–Trinajstić information content (AvgIpc) is 3.31. The highest BCUT2D eigenvalue weighted by Crippen LogP contribution is 2.38. The van der Waals surface area contributed by atoms with Crippen molar-refractivity contribution >= 4 is 17.5 Å². The minimum atomic E-state index is 0.0700. The number of carbonyl (C=O) groups excluding carboxylic acids is 2. The molecule has 5 nitrogen and oxygen atoms in total. The first-order valence-electron chi connectivity index (χ1n) is 9.32. The summed E-state index contributed by atoms with van der Waals surface area (Å²) in [5, 5.41) is 2.96. The number of anilines is 1. The van der Waals surface area contributed by atoms with Crippen molar-refractivity contribution in [1.82, 2.24) is 9.80 Å². The molecule has 1 aromatic rings. The highest BCUT2D eigenvalue weighted by Gasteiger charge is 2.39. The van der Waals surface area contributed by atoms with Crippen LogP contribution in [0.1, 0.15) is 43.0 Å². The summed E-state index contributed by atoms with van der Waals surface area (Å²) in [6.07, 6.45) is 4.26.